The number of ether oxygens (including phenoxy) is 3. The van der Waals surface area contributed by atoms with Gasteiger partial charge in [-0.2, -0.15) is 0 Å². The van der Waals surface area contributed by atoms with Crippen molar-refractivity contribution in [2.75, 3.05) is 25.9 Å². The number of anilines is 1. The van der Waals surface area contributed by atoms with E-state index in [1.54, 1.807) is 6.33 Å². The standard InChI is InChI=1S/C20H31N7O5/c1-19(2,25-18(28)29)6-7-26(5)8-11-13-14(32-20(3,4)31-13)17(30-11)27-10-24-12-15(21)22-9-23-16(12)27/h9-11,13-14,17,25H,6-8H2,1-5H3,(H,28,29)(H2,21,22,23)/t11-,13-,14-,17-/m1/s1. The van der Waals surface area contributed by atoms with Crippen LogP contribution in [-0.2, 0) is 14.2 Å². The molecule has 32 heavy (non-hydrogen) atoms. The van der Waals surface area contributed by atoms with E-state index in [0.29, 0.717) is 36.5 Å². The summed E-state index contributed by atoms with van der Waals surface area (Å²) in [4.78, 5) is 25.8. The first kappa shape index (κ1) is 22.6. The van der Waals surface area contributed by atoms with Crippen molar-refractivity contribution in [3.63, 3.8) is 0 Å². The fourth-order valence-corrected chi connectivity index (χ4v) is 4.31. The molecule has 0 spiro atoms. The highest BCUT2D eigenvalue weighted by atomic mass is 16.8. The normalized spacial score (nSPS) is 27.2. The highest BCUT2D eigenvalue weighted by Crippen LogP contribution is 2.44. The van der Waals surface area contributed by atoms with E-state index in [1.807, 2.05) is 39.3 Å². The third-order valence-corrected chi connectivity index (χ3v) is 5.84. The summed E-state index contributed by atoms with van der Waals surface area (Å²) in [6, 6.07) is 0. The summed E-state index contributed by atoms with van der Waals surface area (Å²) in [6.45, 7) is 8.76. The minimum Gasteiger partial charge on any atom is -0.465 e. The molecule has 1 amide bonds. The van der Waals surface area contributed by atoms with E-state index >= 15 is 0 Å². The Morgan fingerprint density at radius 2 is 2.03 bits per heavy atom. The van der Waals surface area contributed by atoms with Gasteiger partial charge in [0.2, 0.25) is 0 Å². The summed E-state index contributed by atoms with van der Waals surface area (Å²) >= 11 is 0. The molecule has 12 nitrogen and oxygen atoms in total. The zero-order valence-electron chi connectivity index (χ0n) is 19.0. The van der Waals surface area contributed by atoms with Crippen molar-refractivity contribution < 1.29 is 24.1 Å². The van der Waals surface area contributed by atoms with Crippen LogP contribution in [0.15, 0.2) is 12.7 Å². The number of hydrogen-bond donors (Lipinski definition) is 3. The number of rotatable bonds is 7. The van der Waals surface area contributed by atoms with Crippen molar-refractivity contribution in [2.45, 2.75) is 70.0 Å². The number of carbonyl (C=O) groups is 1. The molecule has 12 heteroatoms. The quantitative estimate of drug-likeness (QED) is 0.562. The molecule has 2 aliphatic heterocycles. The van der Waals surface area contributed by atoms with Gasteiger partial charge in [-0.25, -0.2) is 19.7 Å². The van der Waals surface area contributed by atoms with Crippen molar-refractivity contribution in [1.82, 2.24) is 29.7 Å². The van der Waals surface area contributed by atoms with Crippen molar-refractivity contribution in [3.8, 4) is 0 Å². The van der Waals surface area contributed by atoms with Crippen LogP contribution >= 0.6 is 0 Å². The molecule has 2 aliphatic rings. The van der Waals surface area contributed by atoms with Gasteiger partial charge in [-0.15, -0.1) is 0 Å². The van der Waals surface area contributed by atoms with E-state index in [1.165, 1.54) is 6.33 Å². The maximum Gasteiger partial charge on any atom is 0.405 e. The van der Waals surface area contributed by atoms with Crippen LogP contribution < -0.4 is 11.1 Å². The number of nitrogen functional groups attached to an aromatic ring is 1. The summed E-state index contributed by atoms with van der Waals surface area (Å²) in [5.41, 5.74) is 6.49. The first-order valence-electron chi connectivity index (χ1n) is 10.6. The summed E-state index contributed by atoms with van der Waals surface area (Å²) in [5.74, 6) is -0.438. The van der Waals surface area contributed by atoms with Gasteiger partial charge in [0.05, 0.1) is 6.33 Å². The Balaban J connectivity index is 1.50. The Hall–Kier alpha value is -2.54. The molecule has 2 aromatic heterocycles. The minimum absolute atomic E-state index is 0.260. The molecule has 2 saturated heterocycles. The molecule has 4 heterocycles. The Morgan fingerprint density at radius 3 is 2.75 bits per heavy atom. The Bertz CT molecular complexity index is 994. The molecule has 0 aromatic carbocycles. The summed E-state index contributed by atoms with van der Waals surface area (Å²) in [6.07, 6.45) is 1.29. The first-order valence-corrected chi connectivity index (χ1v) is 10.6. The lowest BCUT2D eigenvalue weighted by Crippen LogP contribution is -2.46. The largest absolute Gasteiger partial charge is 0.465 e. The zero-order chi connectivity index (χ0) is 23.3. The second kappa shape index (κ2) is 8.10. The van der Waals surface area contributed by atoms with Gasteiger partial charge in [-0.1, -0.05) is 0 Å². The molecule has 4 rings (SSSR count). The molecule has 0 radical (unpaired) electrons. The lowest BCUT2D eigenvalue weighted by atomic mass is 10.0. The SMILES string of the molecule is CN(CCC(C)(C)NC(=O)O)C[C@H]1O[C@@H](n2cnc3c(N)ncnc32)[C@@H]2OC(C)(C)O[C@@H]21. The minimum atomic E-state index is -1.03. The molecule has 0 aliphatic carbocycles. The zero-order valence-corrected chi connectivity index (χ0v) is 19.0. The molecule has 0 bridgehead atoms. The predicted octanol–water partition coefficient (Wildman–Crippen LogP) is 1.19. The predicted molar refractivity (Wildman–Crippen MR) is 115 cm³/mol. The molecule has 4 atom stereocenters. The molecule has 0 saturated carbocycles. The highest BCUT2D eigenvalue weighted by Gasteiger charge is 2.56. The van der Waals surface area contributed by atoms with Crippen molar-refractivity contribution >= 4 is 23.1 Å². The number of fused-ring (bicyclic) bond motifs is 2. The maximum absolute atomic E-state index is 11.0. The molecular formula is C20H31N7O5. The number of carboxylic acid groups (broad SMARTS) is 1. The maximum atomic E-state index is 11.0. The van der Waals surface area contributed by atoms with Crippen LogP contribution in [0.5, 0.6) is 0 Å². The van der Waals surface area contributed by atoms with Gasteiger partial charge in [0.25, 0.3) is 0 Å². The Labute approximate surface area is 186 Å². The van der Waals surface area contributed by atoms with E-state index in [0.717, 1.165) is 0 Å². The lowest BCUT2D eigenvalue weighted by molar-refractivity contribution is -0.197. The molecule has 0 unspecified atom stereocenters. The number of imidazole rings is 1. The average Bonchev–Trinajstić information content (AvgIpc) is 3.32. The van der Waals surface area contributed by atoms with Gasteiger partial charge in [0, 0.05) is 18.6 Å². The van der Waals surface area contributed by atoms with E-state index in [2.05, 4.69) is 25.2 Å². The fourth-order valence-electron chi connectivity index (χ4n) is 4.31. The van der Waals surface area contributed by atoms with Gasteiger partial charge >= 0.3 is 6.09 Å². The second-order valence-electron chi connectivity index (χ2n) is 9.54. The van der Waals surface area contributed by atoms with Gasteiger partial charge in [0.1, 0.15) is 30.2 Å². The summed E-state index contributed by atoms with van der Waals surface area (Å²) in [7, 11) is 1.98. The average molecular weight is 450 g/mol. The number of hydrogen-bond acceptors (Lipinski definition) is 9. The van der Waals surface area contributed by atoms with Crippen LogP contribution in [0.2, 0.25) is 0 Å². The topological polar surface area (TPSA) is 150 Å². The molecule has 176 valence electrons. The van der Waals surface area contributed by atoms with E-state index in [-0.39, 0.29) is 18.3 Å². The number of nitrogens with zero attached hydrogens (tertiary/aromatic N) is 5. The van der Waals surface area contributed by atoms with Crippen LogP contribution in [0.25, 0.3) is 11.2 Å². The van der Waals surface area contributed by atoms with Crippen molar-refractivity contribution in [3.05, 3.63) is 12.7 Å². The summed E-state index contributed by atoms with van der Waals surface area (Å²) in [5, 5.41) is 11.6. The van der Waals surface area contributed by atoms with Crippen LogP contribution in [0, 0.1) is 0 Å². The molecule has 2 aromatic rings. The van der Waals surface area contributed by atoms with Crippen molar-refractivity contribution in [2.24, 2.45) is 0 Å². The molecule has 4 N–H and O–H groups in total. The van der Waals surface area contributed by atoms with Gasteiger partial charge in [-0.05, 0) is 41.2 Å². The third-order valence-electron chi connectivity index (χ3n) is 5.84. The second-order valence-corrected chi connectivity index (χ2v) is 9.54. The number of aromatic nitrogens is 4. The van der Waals surface area contributed by atoms with Gasteiger partial charge in [-0.3, -0.25) is 4.57 Å². The lowest BCUT2D eigenvalue weighted by Gasteiger charge is -2.30. The fraction of sp³-hybridized carbons (Fsp3) is 0.700. The van der Waals surface area contributed by atoms with E-state index in [9.17, 15) is 4.79 Å². The Kier molecular flexibility index (Phi) is 5.74. The first-order chi connectivity index (χ1) is 15.0. The van der Waals surface area contributed by atoms with Crippen LogP contribution in [0.4, 0.5) is 10.6 Å². The summed E-state index contributed by atoms with van der Waals surface area (Å²) < 4.78 is 20.6. The van der Waals surface area contributed by atoms with Crippen LogP contribution in [0.3, 0.4) is 0 Å². The van der Waals surface area contributed by atoms with Crippen molar-refractivity contribution in [1.29, 1.82) is 0 Å². The number of likely N-dealkylation sites (N-methyl/N-ethyl adjacent to an activating group) is 1. The molecular weight excluding hydrogens is 418 g/mol. The third kappa shape index (κ3) is 4.49. The van der Waals surface area contributed by atoms with E-state index < -0.39 is 23.6 Å². The number of amides is 1. The molecule has 2 fully saturated rings. The Morgan fingerprint density at radius 1 is 1.31 bits per heavy atom. The van der Waals surface area contributed by atoms with Gasteiger partial charge in [0.15, 0.2) is 23.5 Å². The van der Waals surface area contributed by atoms with Gasteiger partial charge < -0.3 is 35.3 Å². The van der Waals surface area contributed by atoms with E-state index in [4.69, 9.17) is 25.1 Å². The highest BCUT2D eigenvalue weighted by molar-refractivity contribution is 5.81. The van der Waals surface area contributed by atoms with Crippen LogP contribution in [0.1, 0.15) is 40.3 Å². The number of nitrogens with two attached hydrogens (primary N) is 1. The monoisotopic (exact) mass is 449 g/mol. The number of nitrogens with one attached hydrogen (secondary N) is 1. The smallest absolute Gasteiger partial charge is 0.405 e. The van der Waals surface area contributed by atoms with Crippen LogP contribution in [-0.4, -0.2) is 85.4 Å².